The number of halogens is 1. The number of aryl methyl sites for hydroxylation is 1. The molecule has 0 saturated heterocycles. The number of nitrogens with zero attached hydrogens (tertiary/aromatic N) is 1. The Kier molecular flexibility index (Phi) is 5.06. The van der Waals surface area contributed by atoms with Gasteiger partial charge in [-0.3, -0.25) is 4.79 Å². The molecule has 0 amide bonds. The van der Waals surface area contributed by atoms with Crippen LogP contribution in [0.4, 0.5) is 10.1 Å². The topological polar surface area (TPSA) is 46.3 Å². The van der Waals surface area contributed by atoms with Crippen molar-refractivity contribution in [3.8, 4) is 0 Å². The third-order valence-electron chi connectivity index (χ3n) is 3.31. The fourth-order valence-corrected chi connectivity index (χ4v) is 2.03. The first-order chi connectivity index (χ1) is 10.0. The van der Waals surface area contributed by atoms with Gasteiger partial charge in [0, 0.05) is 19.4 Å². The van der Waals surface area contributed by atoms with Gasteiger partial charge in [-0.05, 0) is 36.8 Å². The highest BCUT2D eigenvalue weighted by Gasteiger charge is 2.07. The number of hydrogen-bond acceptors (Lipinski definition) is 3. The zero-order chi connectivity index (χ0) is 15.2. The maximum Gasteiger partial charge on any atom is 0.139 e. The number of anilines is 1. The normalized spacial score (nSPS) is 10.4. The van der Waals surface area contributed by atoms with E-state index in [2.05, 4.69) is 0 Å². The Morgan fingerprint density at radius 3 is 2.33 bits per heavy atom. The van der Waals surface area contributed by atoms with E-state index in [1.54, 1.807) is 17.1 Å². The molecule has 2 rings (SSSR count). The summed E-state index contributed by atoms with van der Waals surface area (Å²) in [6, 6.07) is 13.8. The Bertz CT molecular complexity index is 593. The number of rotatable bonds is 6. The third-order valence-corrected chi connectivity index (χ3v) is 3.31. The smallest absolute Gasteiger partial charge is 0.139 e. The van der Waals surface area contributed by atoms with E-state index in [0.29, 0.717) is 19.4 Å². The molecule has 0 aliphatic heterocycles. The lowest BCUT2D eigenvalue weighted by atomic mass is 10.1. The lowest BCUT2D eigenvalue weighted by Crippen LogP contribution is -2.33. The number of Topliss-reactive ketones (excluding diaryl/α,β-unsaturated/α-hetero) is 1. The summed E-state index contributed by atoms with van der Waals surface area (Å²) in [5.41, 5.74) is 2.87. The number of carbonyl (C=O) groups is 1. The molecule has 0 fully saturated rings. The van der Waals surface area contributed by atoms with Crippen LogP contribution in [0.5, 0.6) is 0 Å². The van der Waals surface area contributed by atoms with Crippen LogP contribution >= 0.6 is 0 Å². The summed E-state index contributed by atoms with van der Waals surface area (Å²) in [4.78, 5) is 11.9. The molecular formula is C17H19FN2O. The summed E-state index contributed by atoms with van der Waals surface area (Å²) in [5, 5.41) is 1.57. The van der Waals surface area contributed by atoms with Gasteiger partial charge in [-0.1, -0.05) is 29.8 Å². The molecule has 3 nitrogen and oxygen atoms in total. The largest absolute Gasteiger partial charge is 0.311 e. The number of hydrogen-bond donors (Lipinski definition) is 1. The van der Waals surface area contributed by atoms with Crippen molar-refractivity contribution < 1.29 is 9.18 Å². The lowest BCUT2D eigenvalue weighted by Gasteiger charge is -2.18. The second-order valence-corrected chi connectivity index (χ2v) is 5.12. The monoisotopic (exact) mass is 286 g/mol. The van der Waals surface area contributed by atoms with Gasteiger partial charge in [-0.25, -0.2) is 10.2 Å². The summed E-state index contributed by atoms with van der Waals surface area (Å²) in [5.74, 6) is 5.73. The van der Waals surface area contributed by atoms with Crippen molar-refractivity contribution in [2.75, 3.05) is 11.6 Å². The van der Waals surface area contributed by atoms with Crippen molar-refractivity contribution >= 4 is 11.5 Å². The van der Waals surface area contributed by atoms with Crippen LogP contribution in [0.25, 0.3) is 0 Å². The predicted molar refractivity (Wildman–Crippen MR) is 82.4 cm³/mol. The predicted octanol–water partition coefficient (Wildman–Crippen LogP) is 3.02. The van der Waals surface area contributed by atoms with Gasteiger partial charge < -0.3 is 5.01 Å². The molecule has 0 spiro atoms. The zero-order valence-electron chi connectivity index (χ0n) is 12.1. The van der Waals surface area contributed by atoms with Crippen LogP contribution in [0.3, 0.4) is 0 Å². The molecular weight excluding hydrogens is 267 g/mol. The summed E-state index contributed by atoms with van der Waals surface area (Å²) in [6.07, 6.45) is 0.670. The highest BCUT2D eigenvalue weighted by Crippen LogP contribution is 2.12. The molecule has 4 heteroatoms. The van der Waals surface area contributed by atoms with Gasteiger partial charge in [0.1, 0.15) is 11.6 Å². The van der Waals surface area contributed by atoms with Crippen molar-refractivity contribution in [2.45, 2.75) is 19.8 Å². The summed E-state index contributed by atoms with van der Waals surface area (Å²) >= 11 is 0. The first-order valence-corrected chi connectivity index (χ1v) is 6.89. The van der Waals surface area contributed by atoms with E-state index in [1.807, 2.05) is 31.2 Å². The summed E-state index contributed by atoms with van der Waals surface area (Å²) in [6.45, 7) is 2.47. The Labute approximate surface area is 124 Å². The maximum absolute atomic E-state index is 12.8. The molecule has 2 N–H and O–H groups in total. The van der Waals surface area contributed by atoms with Gasteiger partial charge in [0.25, 0.3) is 0 Å². The molecule has 0 aliphatic rings. The van der Waals surface area contributed by atoms with E-state index in [9.17, 15) is 9.18 Å². The van der Waals surface area contributed by atoms with Crippen LogP contribution < -0.4 is 10.9 Å². The van der Waals surface area contributed by atoms with E-state index < -0.39 is 0 Å². The highest BCUT2D eigenvalue weighted by molar-refractivity contribution is 5.81. The van der Waals surface area contributed by atoms with Crippen LogP contribution in [-0.2, 0) is 11.2 Å². The fraction of sp³-hybridized carbons (Fsp3) is 0.235. The van der Waals surface area contributed by atoms with E-state index >= 15 is 0 Å². The highest BCUT2D eigenvalue weighted by atomic mass is 19.1. The molecule has 0 unspecified atom stereocenters. The third kappa shape index (κ3) is 4.68. The Hall–Kier alpha value is -2.20. The van der Waals surface area contributed by atoms with E-state index in [-0.39, 0.29) is 11.6 Å². The minimum Gasteiger partial charge on any atom is -0.311 e. The minimum atomic E-state index is -0.293. The van der Waals surface area contributed by atoms with Gasteiger partial charge in [-0.15, -0.1) is 0 Å². The molecule has 0 aliphatic carbocycles. The summed E-state index contributed by atoms with van der Waals surface area (Å²) in [7, 11) is 0. The van der Waals surface area contributed by atoms with E-state index in [4.69, 9.17) is 5.84 Å². The second kappa shape index (κ2) is 6.99. The molecule has 2 aromatic carbocycles. The SMILES string of the molecule is Cc1ccc(N(N)CCC(=O)Cc2ccc(F)cc2)cc1. The lowest BCUT2D eigenvalue weighted by molar-refractivity contribution is -0.118. The fourth-order valence-electron chi connectivity index (χ4n) is 2.03. The minimum absolute atomic E-state index is 0.0872. The van der Waals surface area contributed by atoms with Crippen molar-refractivity contribution in [3.63, 3.8) is 0 Å². The van der Waals surface area contributed by atoms with Crippen molar-refractivity contribution in [1.82, 2.24) is 0 Å². The maximum atomic E-state index is 12.8. The molecule has 110 valence electrons. The first kappa shape index (κ1) is 15.2. The van der Waals surface area contributed by atoms with Gasteiger partial charge in [0.2, 0.25) is 0 Å². The van der Waals surface area contributed by atoms with Gasteiger partial charge >= 0.3 is 0 Å². The number of nitrogens with two attached hydrogens (primary N) is 1. The van der Waals surface area contributed by atoms with E-state index in [1.165, 1.54) is 17.7 Å². The van der Waals surface area contributed by atoms with Crippen molar-refractivity contribution in [2.24, 2.45) is 5.84 Å². The van der Waals surface area contributed by atoms with Crippen LogP contribution in [0.1, 0.15) is 17.5 Å². The Morgan fingerprint density at radius 1 is 1.10 bits per heavy atom. The number of ketones is 1. The van der Waals surface area contributed by atoms with Crippen molar-refractivity contribution in [1.29, 1.82) is 0 Å². The van der Waals surface area contributed by atoms with Crippen LogP contribution in [0.15, 0.2) is 48.5 Å². The standard InChI is InChI=1S/C17H19FN2O/c1-13-2-8-16(9-3-13)20(19)11-10-17(21)12-14-4-6-15(18)7-5-14/h2-9H,10-12,19H2,1H3. The zero-order valence-corrected chi connectivity index (χ0v) is 12.1. The molecule has 0 bridgehead atoms. The quantitative estimate of drug-likeness (QED) is 0.656. The van der Waals surface area contributed by atoms with E-state index in [0.717, 1.165) is 11.3 Å². The van der Waals surface area contributed by atoms with Gasteiger partial charge in [0.15, 0.2) is 0 Å². The molecule has 0 aromatic heterocycles. The summed E-state index contributed by atoms with van der Waals surface area (Å²) < 4.78 is 12.8. The van der Waals surface area contributed by atoms with Crippen LogP contribution in [-0.4, -0.2) is 12.3 Å². The van der Waals surface area contributed by atoms with Gasteiger partial charge in [0.05, 0.1) is 5.69 Å². The first-order valence-electron chi connectivity index (χ1n) is 6.89. The Morgan fingerprint density at radius 2 is 1.71 bits per heavy atom. The average Bonchev–Trinajstić information content (AvgIpc) is 2.48. The number of benzene rings is 2. The molecule has 0 saturated carbocycles. The van der Waals surface area contributed by atoms with Crippen LogP contribution in [0, 0.1) is 12.7 Å². The average molecular weight is 286 g/mol. The molecule has 2 aromatic rings. The Balaban J connectivity index is 1.83. The molecule has 0 radical (unpaired) electrons. The molecule has 0 heterocycles. The van der Waals surface area contributed by atoms with Crippen LogP contribution in [0.2, 0.25) is 0 Å². The van der Waals surface area contributed by atoms with Crippen molar-refractivity contribution in [3.05, 3.63) is 65.5 Å². The number of carbonyl (C=O) groups excluding carboxylic acids is 1. The number of hydrazine groups is 1. The molecule has 0 atom stereocenters. The second-order valence-electron chi connectivity index (χ2n) is 5.12. The van der Waals surface area contributed by atoms with Gasteiger partial charge in [-0.2, -0.15) is 0 Å². The molecule has 21 heavy (non-hydrogen) atoms.